The van der Waals surface area contributed by atoms with Gasteiger partial charge in [0.05, 0.1) is 6.26 Å². The molecule has 0 aliphatic carbocycles. The maximum Gasteiger partial charge on any atom is 0.273 e. The summed E-state index contributed by atoms with van der Waals surface area (Å²) in [6.45, 7) is 5.08. The van der Waals surface area contributed by atoms with Gasteiger partial charge in [-0.25, -0.2) is 0 Å². The summed E-state index contributed by atoms with van der Waals surface area (Å²) in [5.74, 6) is -0.269. The van der Waals surface area contributed by atoms with Crippen LogP contribution in [0.4, 0.5) is 0 Å². The van der Waals surface area contributed by atoms with Crippen molar-refractivity contribution in [2.24, 2.45) is 0 Å². The average molecular weight is 114 g/mol. The lowest BCUT2D eigenvalue weighted by atomic mass is 10.5. The summed E-state index contributed by atoms with van der Waals surface area (Å²) in [5, 5.41) is 8.31. The van der Waals surface area contributed by atoms with Gasteiger partial charge >= 0.3 is 0 Å². The van der Waals surface area contributed by atoms with Crippen LogP contribution in [0.2, 0.25) is 0 Å². The molecule has 0 unspecified atom stereocenters. The average Bonchev–Trinajstić information content (AvgIpc) is 1.66. The van der Waals surface area contributed by atoms with Crippen molar-refractivity contribution in [1.82, 2.24) is 0 Å². The van der Waals surface area contributed by atoms with E-state index < -0.39 is 0 Å². The van der Waals surface area contributed by atoms with Crippen molar-refractivity contribution in [3.63, 3.8) is 0 Å². The van der Waals surface area contributed by atoms with Crippen molar-refractivity contribution in [3.05, 3.63) is 24.9 Å². The van der Waals surface area contributed by atoms with Crippen LogP contribution in [0.3, 0.4) is 0 Å². The maximum atomic E-state index is 8.31. The van der Waals surface area contributed by atoms with Gasteiger partial charge in [0.2, 0.25) is 0 Å². The number of allylic oxidation sites excluding steroid dienone is 1. The Morgan fingerprint density at radius 3 is 2.88 bits per heavy atom. The van der Waals surface area contributed by atoms with Gasteiger partial charge in [0.15, 0.2) is 0 Å². The predicted octanol–water partition coefficient (Wildman–Crippen LogP) is 1.96. The molecule has 46 valence electrons. The molecule has 0 heterocycles. The third kappa shape index (κ3) is 5.08. The lowest BCUT2D eigenvalue weighted by Gasteiger charge is -1.91. The van der Waals surface area contributed by atoms with Crippen LogP contribution < -0.4 is 0 Å². The quantitative estimate of drug-likeness (QED) is 0.568. The van der Waals surface area contributed by atoms with E-state index in [2.05, 4.69) is 11.3 Å². The Bertz CT molecular complexity index is 94.7. The summed E-state index contributed by atoms with van der Waals surface area (Å²) in [5.41, 5.74) is 0. The largest absolute Gasteiger partial charge is 0.481 e. The predicted molar refractivity (Wildman–Crippen MR) is 32.3 cm³/mol. The molecule has 0 saturated carbocycles. The van der Waals surface area contributed by atoms with Crippen molar-refractivity contribution in [2.45, 2.75) is 13.3 Å². The van der Waals surface area contributed by atoms with Crippen LogP contribution >= 0.6 is 0 Å². The molecule has 2 heteroatoms. The van der Waals surface area contributed by atoms with Gasteiger partial charge in [-0.05, 0) is 19.1 Å². The highest BCUT2D eigenvalue weighted by Gasteiger charge is 1.76. The first-order valence-corrected chi connectivity index (χ1v) is 2.47. The second-order valence-electron chi connectivity index (χ2n) is 1.29. The van der Waals surface area contributed by atoms with Crippen molar-refractivity contribution in [2.75, 3.05) is 0 Å². The molecule has 2 nitrogen and oxygen atoms in total. The Kier molecular flexibility index (Phi) is 3.76. The van der Waals surface area contributed by atoms with E-state index in [1.165, 1.54) is 6.26 Å². The van der Waals surface area contributed by atoms with Crippen molar-refractivity contribution >= 4 is 0 Å². The second kappa shape index (κ2) is 4.24. The van der Waals surface area contributed by atoms with E-state index in [0.717, 1.165) is 6.42 Å². The molecule has 0 aliphatic rings. The van der Waals surface area contributed by atoms with E-state index >= 15 is 0 Å². The number of ether oxygens (including phenoxy) is 1. The van der Waals surface area contributed by atoms with Crippen LogP contribution in [0.1, 0.15) is 13.3 Å². The minimum atomic E-state index is -0.269. The van der Waals surface area contributed by atoms with E-state index in [1.54, 1.807) is 6.08 Å². The summed E-state index contributed by atoms with van der Waals surface area (Å²) in [7, 11) is 0. The van der Waals surface area contributed by atoms with Gasteiger partial charge in [-0.1, -0.05) is 6.92 Å². The smallest absolute Gasteiger partial charge is 0.273 e. The lowest BCUT2D eigenvalue weighted by molar-refractivity contribution is 0.170. The molecule has 0 saturated heterocycles. The fourth-order valence-electron chi connectivity index (χ4n) is 0.223. The molecule has 0 aliphatic heterocycles. The Balaban J connectivity index is 3.16. The maximum absolute atomic E-state index is 8.31. The first-order chi connectivity index (χ1) is 3.77. The highest BCUT2D eigenvalue weighted by Crippen LogP contribution is 1.87. The van der Waals surface area contributed by atoms with Crippen molar-refractivity contribution in [3.8, 4) is 0 Å². The van der Waals surface area contributed by atoms with Gasteiger partial charge in [-0.15, -0.1) is 0 Å². The summed E-state index contributed by atoms with van der Waals surface area (Å²) in [6.07, 6.45) is 4.08. The van der Waals surface area contributed by atoms with Crippen LogP contribution in [-0.2, 0) is 4.74 Å². The number of aliphatic hydroxyl groups is 1. The second-order valence-corrected chi connectivity index (χ2v) is 1.29. The molecule has 0 atom stereocenters. The van der Waals surface area contributed by atoms with Crippen LogP contribution in [0.25, 0.3) is 0 Å². The number of hydrogen-bond acceptors (Lipinski definition) is 2. The van der Waals surface area contributed by atoms with Gasteiger partial charge in [0, 0.05) is 0 Å². The minimum Gasteiger partial charge on any atom is -0.481 e. The Labute approximate surface area is 49.1 Å². The van der Waals surface area contributed by atoms with E-state index in [4.69, 9.17) is 5.11 Å². The fraction of sp³-hybridized carbons (Fsp3) is 0.333. The molecular weight excluding hydrogens is 104 g/mol. The van der Waals surface area contributed by atoms with Crippen molar-refractivity contribution < 1.29 is 9.84 Å². The first-order valence-electron chi connectivity index (χ1n) is 2.47. The molecule has 0 aromatic heterocycles. The molecule has 0 rings (SSSR count). The summed E-state index contributed by atoms with van der Waals surface area (Å²) in [6, 6.07) is 0. The van der Waals surface area contributed by atoms with Gasteiger partial charge in [-0.3, -0.25) is 0 Å². The Hall–Kier alpha value is -0.920. The molecule has 0 aromatic carbocycles. The van der Waals surface area contributed by atoms with Crippen LogP contribution in [-0.4, -0.2) is 5.11 Å². The molecule has 0 spiro atoms. The molecule has 8 heavy (non-hydrogen) atoms. The molecule has 0 amide bonds. The van der Waals surface area contributed by atoms with Gasteiger partial charge in [0.1, 0.15) is 0 Å². The highest BCUT2D eigenvalue weighted by molar-refractivity contribution is 4.76. The van der Waals surface area contributed by atoms with Gasteiger partial charge in [0.25, 0.3) is 5.95 Å². The molecule has 0 radical (unpaired) electrons. The van der Waals surface area contributed by atoms with Crippen LogP contribution in [0.5, 0.6) is 0 Å². The zero-order valence-corrected chi connectivity index (χ0v) is 4.92. The molecule has 0 aromatic rings. The number of hydrogen-bond donors (Lipinski definition) is 1. The molecule has 1 N–H and O–H groups in total. The summed E-state index contributed by atoms with van der Waals surface area (Å²) < 4.78 is 4.46. The van der Waals surface area contributed by atoms with Gasteiger partial charge in [-0.2, -0.15) is 0 Å². The molecular formula is C6H10O2. The minimum absolute atomic E-state index is 0.269. The standard InChI is InChI=1S/C6H10O2/c1-3-4-5-8-6(2)7/h4-5,7H,2-3H2,1H3/b5-4+. The molecule has 0 fully saturated rings. The van der Waals surface area contributed by atoms with Crippen molar-refractivity contribution in [1.29, 1.82) is 0 Å². The van der Waals surface area contributed by atoms with Crippen LogP contribution in [0, 0.1) is 0 Å². The Morgan fingerprint density at radius 2 is 2.50 bits per heavy atom. The number of aliphatic hydroxyl groups excluding tert-OH is 1. The topological polar surface area (TPSA) is 29.5 Å². The normalized spacial score (nSPS) is 9.62. The summed E-state index contributed by atoms with van der Waals surface area (Å²) >= 11 is 0. The zero-order valence-electron chi connectivity index (χ0n) is 4.92. The fourth-order valence-corrected chi connectivity index (χ4v) is 0.223. The SMILES string of the molecule is C=C(O)O/C=C/CC. The third-order valence-electron chi connectivity index (χ3n) is 0.536. The van der Waals surface area contributed by atoms with E-state index in [1.807, 2.05) is 6.92 Å². The van der Waals surface area contributed by atoms with E-state index in [-0.39, 0.29) is 5.95 Å². The number of rotatable bonds is 3. The van der Waals surface area contributed by atoms with E-state index in [0.29, 0.717) is 0 Å². The van der Waals surface area contributed by atoms with E-state index in [9.17, 15) is 0 Å². The highest BCUT2D eigenvalue weighted by atomic mass is 16.6. The van der Waals surface area contributed by atoms with Crippen LogP contribution in [0.15, 0.2) is 24.9 Å². The Morgan fingerprint density at radius 1 is 1.88 bits per heavy atom. The summed E-state index contributed by atoms with van der Waals surface area (Å²) in [4.78, 5) is 0. The zero-order chi connectivity index (χ0) is 6.41. The van der Waals surface area contributed by atoms with Gasteiger partial charge < -0.3 is 9.84 Å². The first kappa shape index (κ1) is 7.08. The third-order valence-corrected chi connectivity index (χ3v) is 0.536. The molecule has 0 bridgehead atoms. The lowest BCUT2D eigenvalue weighted by Crippen LogP contribution is -1.76. The monoisotopic (exact) mass is 114 g/mol.